The van der Waals surface area contributed by atoms with Gasteiger partial charge < -0.3 is 19.7 Å². The summed E-state index contributed by atoms with van der Waals surface area (Å²) < 4.78 is 11.0. The number of nitrogens with one attached hydrogen (secondary N) is 1. The molecule has 5 nitrogen and oxygen atoms in total. The Morgan fingerprint density at radius 1 is 1.03 bits per heavy atom. The number of amides is 2. The maximum absolute atomic E-state index is 13.6. The van der Waals surface area contributed by atoms with Gasteiger partial charge in [0.2, 0.25) is 0 Å². The molecule has 1 unspecified atom stereocenters. The van der Waals surface area contributed by atoms with Crippen LogP contribution < -0.4 is 14.8 Å². The lowest BCUT2D eigenvalue weighted by Gasteiger charge is -2.36. The molecule has 3 aromatic carbocycles. The third kappa shape index (κ3) is 4.88. The molecule has 0 aromatic heterocycles. The number of anilines is 1. The van der Waals surface area contributed by atoms with E-state index in [1.54, 1.807) is 7.11 Å². The molecule has 0 bridgehead atoms. The van der Waals surface area contributed by atoms with Gasteiger partial charge in [-0.2, -0.15) is 0 Å². The van der Waals surface area contributed by atoms with Gasteiger partial charge in [-0.15, -0.1) is 0 Å². The van der Waals surface area contributed by atoms with Crippen molar-refractivity contribution in [1.82, 2.24) is 4.90 Å². The number of nitrogens with zero attached hydrogens (tertiary/aromatic N) is 1. The summed E-state index contributed by atoms with van der Waals surface area (Å²) in [5.74, 6) is 1.48. The number of benzene rings is 3. The van der Waals surface area contributed by atoms with Crippen molar-refractivity contribution in [3.05, 3.63) is 89.5 Å². The third-order valence-electron chi connectivity index (χ3n) is 5.91. The Balaban J connectivity index is 1.64. The van der Waals surface area contributed by atoms with Crippen molar-refractivity contribution in [3.63, 3.8) is 0 Å². The number of methoxy groups -OCH3 is 1. The number of hydrogen-bond acceptors (Lipinski definition) is 3. The van der Waals surface area contributed by atoms with Crippen LogP contribution in [0.3, 0.4) is 0 Å². The van der Waals surface area contributed by atoms with E-state index in [1.165, 1.54) is 11.1 Å². The maximum Gasteiger partial charge on any atom is 0.322 e. The SMILES string of the molecule is CCOc1ccc(CN(C(=O)Nc2ccccc2OC)C2CCCc3ccccc32)cc1. The second kappa shape index (κ2) is 10.2. The van der Waals surface area contributed by atoms with Gasteiger partial charge in [-0.1, -0.05) is 48.5 Å². The number of hydrogen-bond donors (Lipinski definition) is 1. The summed E-state index contributed by atoms with van der Waals surface area (Å²) in [6.07, 6.45) is 3.05. The van der Waals surface area contributed by atoms with Crippen LogP contribution in [0.2, 0.25) is 0 Å². The van der Waals surface area contributed by atoms with Crippen LogP contribution >= 0.6 is 0 Å². The van der Waals surface area contributed by atoms with Crippen LogP contribution in [-0.4, -0.2) is 24.6 Å². The Bertz CT molecular complexity index is 1050. The number of rotatable bonds is 7. The fourth-order valence-corrected chi connectivity index (χ4v) is 4.36. The average Bonchev–Trinajstić information content (AvgIpc) is 2.84. The second-order valence-corrected chi connectivity index (χ2v) is 7.94. The maximum atomic E-state index is 13.6. The van der Waals surface area contributed by atoms with Gasteiger partial charge in [0.15, 0.2) is 0 Å². The number of fused-ring (bicyclic) bond motifs is 1. The fraction of sp³-hybridized carbons (Fsp3) is 0.296. The fourth-order valence-electron chi connectivity index (χ4n) is 4.36. The summed E-state index contributed by atoms with van der Waals surface area (Å²) in [6.45, 7) is 3.11. The van der Waals surface area contributed by atoms with E-state index < -0.39 is 0 Å². The summed E-state index contributed by atoms with van der Waals surface area (Å²) in [5.41, 5.74) is 4.29. The number of carbonyl (C=O) groups excluding carboxylic acids is 1. The highest BCUT2D eigenvalue weighted by molar-refractivity contribution is 5.91. The average molecular weight is 431 g/mol. The second-order valence-electron chi connectivity index (χ2n) is 7.94. The zero-order valence-electron chi connectivity index (χ0n) is 18.7. The molecule has 1 aliphatic rings. The van der Waals surface area contributed by atoms with Crippen molar-refractivity contribution in [1.29, 1.82) is 0 Å². The smallest absolute Gasteiger partial charge is 0.322 e. The molecule has 0 radical (unpaired) electrons. The zero-order valence-corrected chi connectivity index (χ0v) is 18.7. The molecule has 0 saturated heterocycles. The van der Waals surface area contributed by atoms with E-state index in [2.05, 4.69) is 29.6 Å². The van der Waals surface area contributed by atoms with Crippen molar-refractivity contribution >= 4 is 11.7 Å². The summed E-state index contributed by atoms with van der Waals surface area (Å²) in [7, 11) is 1.61. The minimum atomic E-state index is -0.134. The third-order valence-corrected chi connectivity index (χ3v) is 5.91. The molecule has 2 amide bonds. The summed E-state index contributed by atoms with van der Waals surface area (Å²) in [5, 5.41) is 3.08. The standard InChI is InChI=1S/C27H30N2O3/c1-3-32-22-17-15-20(16-18-22)19-29(25-13-8-10-21-9-4-5-11-23(21)25)27(30)28-24-12-6-7-14-26(24)31-2/h4-7,9,11-12,14-18,25H,3,8,10,13,19H2,1-2H3,(H,28,30). The number of carbonyl (C=O) groups is 1. The van der Waals surface area contributed by atoms with E-state index in [-0.39, 0.29) is 12.1 Å². The van der Waals surface area contributed by atoms with E-state index in [0.29, 0.717) is 24.6 Å². The predicted octanol–water partition coefficient (Wildman–Crippen LogP) is 6.21. The molecule has 0 spiro atoms. The Kier molecular flexibility index (Phi) is 6.95. The quantitative estimate of drug-likeness (QED) is 0.485. The number of urea groups is 1. The molecule has 32 heavy (non-hydrogen) atoms. The molecule has 0 saturated carbocycles. The van der Waals surface area contributed by atoms with Crippen LogP contribution in [0.15, 0.2) is 72.8 Å². The van der Waals surface area contributed by atoms with Gasteiger partial charge in [-0.05, 0) is 67.1 Å². The minimum Gasteiger partial charge on any atom is -0.495 e. The first kappa shape index (κ1) is 21.8. The summed E-state index contributed by atoms with van der Waals surface area (Å²) in [4.78, 5) is 15.5. The first-order chi connectivity index (χ1) is 15.7. The monoisotopic (exact) mass is 430 g/mol. The largest absolute Gasteiger partial charge is 0.495 e. The van der Waals surface area contributed by atoms with Crippen LogP contribution in [0.25, 0.3) is 0 Å². The topological polar surface area (TPSA) is 50.8 Å². The van der Waals surface area contributed by atoms with E-state index in [0.717, 1.165) is 30.6 Å². The Hall–Kier alpha value is -3.47. The Labute approximate surface area is 190 Å². The molecule has 4 rings (SSSR count). The van der Waals surface area contributed by atoms with Crippen LogP contribution in [0.1, 0.15) is 42.5 Å². The lowest BCUT2D eigenvalue weighted by atomic mass is 9.86. The van der Waals surface area contributed by atoms with Crippen molar-refractivity contribution in [2.75, 3.05) is 19.0 Å². The lowest BCUT2D eigenvalue weighted by molar-refractivity contribution is 0.175. The molecule has 0 aliphatic heterocycles. The van der Waals surface area contributed by atoms with E-state index in [4.69, 9.17) is 9.47 Å². The van der Waals surface area contributed by atoms with Gasteiger partial charge in [-0.25, -0.2) is 4.79 Å². The Morgan fingerprint density at radius 2 is 1.78 bits per heavy atom. The van der Waals surface area contributed by atoms with Gasteiger partial charge in [-0.3, -0.25) is 0 Å². The highest BCUT2D eigenvalue weighted by Crippen LogP contribution is 2.36. The van der Waals surface area contributed by atoms with Crippen LogP contribution in [0.4, 0.5) is 10.5 Å². The van der Waals surface area contributed by atoms with Crippen LogP contribution in [0, 0.1) is 0 Å². The van der Waals surface area contributed by atoms with Crippen molar-refractivity contribution < 1.29 is 14.3 Å². The molecule has 3 aromatic rings. The summed E-state index contributed by atoms with van der Waals surface area (Å²) >= 11 is 0. The van der Waals surface area contributed by atoms with Gasteiger partial charge in [0.1, 0.15) is 11.5 Å². The molecule has 1 N–H and O–H groups in total. The van der Waals surface area contributed by atoms with Crippen molar-refractivity contribution in [2.45, 2.75) is 38.8 Å². The summed E-state index contributed by atoms with van der Waals surface area (Å²) in [6, 6.07) is 23.8. The molecule has 166 valence electrons. The first-order valence-electron chi connectivity index (χ1n) is 11.2. The van der Waals surface area contributed by atoms with Crippen molar-refractivity contribution in [3.8, 4) is 11.5 Å². The molecule has 1 aliphatic carbocycles. The Morgan fingerprint density at radius 3 is 2.56 bits per heavy atom. The molecule has 1 atom stereocenters. The minimum absolute atomic E-state index is 0.0150. The molecule has 0 heterocycles. The molecule has 5 heteroatoms. The van der Waals surface area contributed by atoms with E-state index >= 15 is 0 Å². The normalized spacial score (nSPS) is 14.9. The highest BCUT2D eigenvalue weighted by atomic mass is 16.5. The highest BCUT2D eigenvalue weighted by Gasteiger charge is 2.29. The van der Waals surface area contributed by atoms with Crippen molar-refractivity contribution in [2.24, 2.45) is 0 Å². The van der Waals surface area contributed by atoms with Crippen LogP contribution in [-0.2, 0) is 13.0 Å². The van der Waals surface area contributed by atoms with Gasteiger partial charge >= 0.3 is 6.03 Å². The van der Waals surface area contributed by atoms with Gasteiger partial charge in [0.25, 0.3) is 0 Å². The number of para-hydroxylation sites is 2. The zero-order chi connectivity index (χ0) is 22.3. The predicted molar refractivity (Wildman–Crippen MR) is 127 cm³/mol. The first-order valence-corrected chi connectivity index (χ1v) is 11.2. The molecular weight excluding hydrogens is 400 g/mol. The van der Waals surface area contributed by atoms with E-state index in [1.807, 2.05) is 60.4 Å². The van der Waals surface area contributed by atoms with E-state index in [9.17, 15) is 4.79 Å². The number of aryl methyl sites for hydroxylation is 1. The van der Waals surface area contributed by atoms with Crippen LogP contribution in [0.5, 0.6) is 11.5 Å². The lowest BCUT2D eigenvalue weighted by Crippen LogP contribution is -2.39. The van der Waals surface area contributed by atoms with Gasteiger partial charge in [0, 0.05) is 6.54 Å². The van der Waals surface area contributed by atoms with Gasteiger partial charge in [0.05, 0.1) is 25.4 Å². The molecular formula is C27H30N2O3. The number of ether oxygens (including phenoxy) is 2. The molecule has 0 fully saturated rings.